The quantitative estimate of drug-likeness (QED) is 0.584. The van der Waals surface area contributed by atoms with Crippen LogP contribution in [0.25, 0.3) is 0 Å². The largest absolute Gasteiger partial charge is 0.296 e. The maximum absolute atomic E-state index is 12.2. The lowest BCUT2D eigenvalue weighted by Gasteiger charge is -1.92. The molecule has 2 nitrogen and oxygen atoms in total. The van der Waals surface area contributed by atoms with Crippen LogP contribution in [0.4, 0.5) is 4.39 Å². The number of pyridine rings is 1. The zero-order chi connectivity index (χ0) is 7.56. The molecule has 0 N–H and O–H groups in total. The number of rotatable bonds is 1. The summed E-state index contributed by atoms with van der Waals surface area (Å²) in [6.07, 6.45) is 1.41. The summed E-state index contributed by atoms with van der Waals surface area (Å²) < 4.78 is 12.2. The second kappa shape index (κ2) is 2.75. The SMILES string of the molecule is O=Cc1ncc(F)cc1Cl. The van der Waals surface area contributed by atoms with Crippen LogP contribution in [0.5, 0.6) is 0 Å². The predicted octanol–water partition coefficient (Wildman–Crippen LogP) is 1.69. The Balaban J connectivity index is 3.19. The molecule has 10 heavy (non-hydrogen) atoms. The van der Waals surface area contributed by atoms with E-state index < -0.39 is 5.82 Å². The van der Waals surface area contributed by atoms with Crippen molar-refractivity contribution in [1.82, 2.24) is 4.98 Å². The van der Waals surface area contributed by atoms with Crippen LogP contribution >= 0.6 is 11.6 Å². The van der Waals surface area contributed by atoms with Crippen molar-refractivity contribution >= 4 is 17.9 Å². The molecule has 0 aliphatic heterocycles. The van der Waals surface area contributed by atoms with Crippen molar-refractivity contribution in [2.75, 3.05) is 0 Å². The van der Waals surface area contributed by atoms with Gasteiger partial charge in [0.05, 0.1) is 11.2 Å². The average Bonchev–Trinajstić information content (AvgIpc) is 1.88. The van der Waals surface area contributed by atoms with Crippen LogP contribution in [0.2, 0.25) is 5.02 Å². The summed E-state index contributed by atoms with van der Waals surface area (Å²) in [5.74, 6) is -0.546. The summed E-state index contributed by atoms with van der Waals surface area (Å²) in [4.78, 5) is 13.5. The number of halogens is 2. The smallest absolute Gasteiger partial charge is 0.169 e. The Morgan fingerprint density at radius 3 is 2.90 bits per heavy atom. The Kier molecular flexibility index (Phi) is 1.97. The van der Waals surface area contributed by atoms with Crippen LogP contribution in [0, 0.1) is 5.82 Å². The van der Waals surface area contributed by atoms with E-state index in [0.717, 1.165) is 12.3 Å². The van der Waals surface area contributed by atoms with Gasteiger partial charge in [0.1, 0.15) is 11.5 Å². The third kappa shape index (κ3) is 1.30. The van der Waals surface area contributed by atoms with Crippen LogP contribution in [-0.2, 0) is 0 Å². The first-order valence-corrected chi connectivity index (χ1v) is 2.88. The van der Waals surface area contributed by atoms with E-state index in [1.165, 1.54) is 0 Å². The van der Waals surface area contributed by atoms with Crippen molar-refractivity contribution in [3.8, 4) is 0 Å². The molecule has 0 unspecified atom stereocenters. The standard InChI is InChI=1S/C6H3ClFNO/c7-5-1-4(8)2-9-6(5)3-10/h1-3H. The highest BCUT2D eigenvalue weighted by Crippen LogP contribution is 2.11. The second-order valence-electron chi connectivity index (χ2n) is 1.64. The second-order valence-corrected chi connectivity index (χ2v) is 2.05. The molecule has 0 fully saturated rings. The van der Waals surface area contributed by atoms with Gasteiger partial charge in [-0.1, -0.05) is 11.6 Å². The van der Waals surface area contributed by atoms with Gasteiger partial charge in [0, 0.05) is 0 Å². The lowest BCUT2D eigenvalue weighted by Crippen LogP contribution is -1.88. The summed E-state index contributed by atoms with van der Waals surface area (Å²) in [5, 5.41) is 0.0370. The zero-order valence-corrected chi connectivity index (χ0v) is 5.60. The number of aromatic nitrogens is 1. The molecule has 0 bridgehead atoms. The van der Waals surface area contributed by atoms with Gasteiger partial charge in [0.15, 0.2) is 6.29 Å². The highest BCUT2D eigenvalue weighted by molar-refractivity contribution is 6.32. The van der Waals surface area contributed by atoms with Gasteiger partial charge < -0.3 is 0 Å². The number of aldehydes is 1. The molecule has 0 aliphatic carbocycles. The topological polar surface area (TPSA) is 30.0 Å². The number of carbonyl (C=O) groups is 1. The number of hydrogen-bond donors (Lipinski definition) is 0. The number of nitrogens with zero attached hydrogens (tertiary/aromatic N) is 1. The summed E-state index contributed by atoms with van der Waals surface area (Å²) in [6.45, 7) is 0. The van der Waals surface area contributed by atoms with Crippen molar-refractivity contribution in [2.24, 2.45) is 0 Å². The van der Waals surface area contributed by atoms with Crippen molar-refractivity contribution in [3.05, 3.63) is 28.8 Å². The minimum atomic E-state index is -0.546. The van der Waals surface area contributed by atoms with Crippen LogP contribution < -0.4 is 0 Å². The monoisotopic (exact) mass is 159 g/mol. The molecule has 1 rings (SSSR count). The third-order valence-electron chi connectivity index (χ3n) is 0.948. The summed E-state index contributed by atoms with van der Waals surface area (Å²) in [7, 11) is 0. The highest BCUT2D eigenvalue weighted by Gasteiger charge is 2.00. The fourth-order valence-electron chi connectivity index (χ4n) is 0.512. The molecule has 0 radical (unpaired) electrons. The van der Waals surface area contributed by atoms with Crippen LogP contribution in [0.15, 0.2) is 12.3 Å². The molecular formula is C6H3ClFNO. The summed E-state index contributed by atoms with van der Waals surface area (Å²) >= 11 is 5.40. The van der Waals surface area contributed by atoms with Crippen LogP contribution in [0.1, 0.15) is 10.5 Å². The Labute approximate surface area is 61.6 Å². The molecule has 52 valence electrons. The lowest BCUT2D eigenvalue weighted by molar-refractivity contribution is 0.111. The first-order chi connectivity index (χ1) is 4.74. The summed E-state index contributed by atoms with van der Waals surface area (Å²) in [6, 6.07) is 1.04. The zero-order valence-electron chi connectivity index (χ0n) is 4.84. The minimum absolute atomic E-state index is 0.0370. The number of hydrogen-bond acceptors (Lipinski definition) is 2. The molecule has 0 atom stereocenters. The van der Waals surface area contributed by atoms with E-state index in [1.54, 1.807) is 0 Å². The van der Waals surface area contributed by atoms with Gasteiger partial charge >= 0.3 is 0 Å². The Hall–Kier alpha value is -0.960. The minimum Gasteiger partial charge on any atom is -0.296 e. The summed E-state index contributed by atoms with van der Waals surface area (Å²) in [5.41, 5.74) is 0.0584. The molecule has 1 aromatic rings. The van der Waals surface area contributed by atoms with E-state index in [1.807, 2.05) is 0 Å². The molecule has 0 saturated heterocycles. The highest BCUT2D eigenvalue weighted by atomic mass is 35.5. The van der Waals surface area contributed by atoms with Crippen molar-refractivity contribution in [2.45, 2.75) is 0 Å². The fraction of sp³-hybridized carbons (Fsp3) is 0. The Morgan fingerprint density at radius 1 is 1.70 bits per heavy atom. The van der Waals surface area contributed by atoms with Gasteiger partial charge in [0.25, 0.3) is 0 Å². The maximum atomic E-state index is 12.2. The van der Waals surface area contributed by atoms with E-state index in [4.69, 9.17) is 11.6 Å². The molecule has 0 aromatic carbocycles. The molecule has 0 amide bonds. The first kappa shape index (κ1) is 7.15. The van der Waals surface area contributed by atoms with Gasteiger partial charge in [-0.25, -0.2) is 9.37 Å². The van der Waals surface area contributed by atoms with Crippen LogP contribution in [0.3, 0.4) is 0 Å². The molecule has 1 heterocycles. The Bertz CT molecular complexity index is 264. The number of carbonyl (C=O) groups excluding carboxylic acids is 1. The average molecular weight is 160 g/mol. The lowest BCUT2D eigenvalue weighted by atomic mass is 10.4. The van der Waals surface area contributed by atoms with Gasteiger partial charge in [0.2, 0.25) is 0 Å². The molecule has 0 aliphatic rings. The molecule has 0 spiro atoms. The van der Waals surface area contributed by atoms with Crippen molar-refractivity contribution in [1.29, 1.82) is 0 Å². The third-order valence-corrected chi connectivity index (χ3v) is 1.25. The van der Waals surface area contributed by atoms with E-state index in [9.17, 15) is 9.18 Å². The van der Waals surface area contributed by atoms with Crippen LogP contribution in [-0.4, -0.2) is 11.3 Å². The van der Waals surface area contributed by atoms with E-state index >= 15 is 0 Å². The Morgan fingerprint density at radius 2 is 2.40 bits per heavy atom. The molecule has 1 aromatic heterocycles. The maximum Gasteiger partial charge on any atom is 0.169 e. The first-order valence-electron chi connectivity index (χ1n) is 2.50. The van der Waals surface area contributed by atoms with Crippen molar-refractivity contribution < 1.29 is 9.18 Å². The molecule has 4 heteroatoms. The van der Waals surface area contributed by atoms with Gasteiger partial charge in [-0.15, -0.1) is 0 Å². The van der Waals surface area contributed by atoms with E-state index in [-0.39, 0.29) is 10.7 Å². The van der Waals surface area contributed by atoms with Gasteiger partial charge in [-0.05, 0) is 6.07 Å². The molecular weight excluding hydrogens is 157 g/mol. The van der Waals surface area contributed by atoms with E-state index in [0.29, 0.717) is 6.29 Å². The van der Waals surface area contributed by atoms with Gasteiger partial charge in [-0.2, -0.15) is 0 Å². The van der Waals surface area contributed by atoms with E-state index in [2.05, 4.69) is 4.98 Å². The fourth-order valence-corrected chi connectivity index (χ4v) is 0.709. The molecule has 0 saturated carbocycles. The predicted molar refractivity (Wildman–Crippen MR) is 34.6 cm³/mol. The van der Waals surface area contributed by atoms with Crippen molar-refractivity contribution in [3.63, 3.8) is 0 Å². The van der Waals surface area contributed by atoms with Gasteiger partial charge in [-0.3, -0.25) is 4.79 Å². The normalized spacial score (nSPS) is 9.40.